The molecule has 0 spiro atoms. The lowest BCUT2D eigenvalue weighted by Crippen LogP contribution is -2.41. The van der Waals surface area contributed by atoms with E-state index in [1.807, 2.05) is 25.1 Å². The summed E-state index contributed by atoms with van der Waals surface area (Å²) in [4.78, 5) is 2.17. The summed E-state index contributed by atoms with van der Waals surface area (Å²) in [5.41, 5.74) is 2.50. The third-order valence-electron chi connectivity index (χ3n) is 4.22. The molecule has 0 heterocycles. The van der Waals surface area contributed by atoms with Crippen molar-refractivity contribution in [2.75, 3.05) is 19.7 Å². The van der Waals surface area contributed by atoms with E-state index in [0.717, 1.165) is 30.4 Å². The first-order valence-electron chi connectivity index (χ1n) is 9.00. The topological polar surface area (TPSA) is 24.5 Å². The van der Waals surface area contributed by atoms with Gasteiger partial charge in [0, 0.05) is 13.1 Å². The summed E-state index contributed by atoms with van der Waals surface area (Å²) >= 11 is 5.62. The number of hydrogen-bond donors (Lipinski definition) is 1. The fourth-order valence-electron chi connectivity index (χ4n) is 2.81. The minimum Gasteiger partial charge on any atom is -0.494 e. The Morgan fingerprint density at radius 2 is 1.64 bits per heavy atom. The smallest absolute Gasteiger partial charge is 0.169 e. The quantitative estimate of drug-likeness (QED) is 0.700. The third-order valence-corrected chi connectivity index (χ3v) is 4.60. The first kappa shape index (κ1) is 19.3. The second kappa shape index (κ2) is 10.0. The molecule has 0 aromatic heterocycles. The van der Waals surface area contributed by atoms with E-state index in [1.165, 1.54) is 11.1 Å². The largest absolute Gasteiger partial charge is 0.494 e. The number of hydrogen-bond acceptors (Lipinski definition) is 2. The third kappa shape index (κ3) is 5.75. The van der Waals surface area contributed by atoms with Crippen molar-refractivity contribution in [3.63, 3.8) is 0 Å². The van der Waals surface area contributed by atoms with Gasteiger partial charge in [-0.1, -0.05) is 42.5 Å². The summed E-state index contributed by atoms with van der Waals surface area (Å²) in [5.74, 6) is 0.911. The van der Waals surface area contributed by atoms with E-state index in [0.29, 0.717) is 6.61 Å². The molecule has 0 aliphatic rings. The van der Waals surface area contributed by atoms with Crippen molar-refractivity contribution >= 4 is 17.3 Å². The van der Waals surface area contributed by atoms with Crippen LogP contribution in [0.2, 0.25) is 0 Å². The van der Waals surface area contributed by atoms with E-state index in [9.17, 15) is 0 Å². The SMILES string of the molecule is CCOc1ccc(CC(NC(=S)N(CC)CC)c2ccccc2)cc1. The Morgan fingerprint density at radius 3 is 2.20 bits per heavy atom. The van der Waals surface area contributed by atoms with Crippen LogP contribution >= 0.6 is 12.2 Å². The average molecular weight is 357 g/mol. The number of ether oxygens (including phenoxy) is 1. The molecule has 2 aromatic carbocycles. The number of benzene rings is 2. The Balaban J connectivity index is 2.15. The first-order valence-corrected chi connectivity index (χ1v) is 9.40. The Hall–Kier alpha value is -2.07. The molecule has 1 N–H and O–H groups in total. The second-order valence-corrected chi connectivity index (χ2v) is 6.25. The highest BCUT2D eigenvalue weighted by Gasteiger charge is 2.16. The fraction of sp³-hybridized carbons (Fsp3) is 0.381. The molecule has 134 valence electrons. The first-order chi connectivity index (χ1) is 12.2. The van der Waals surface area contributed by atoms with Gasteiger partial charge in [0.05, 0.1) is 12.6 Å². The molecule has 0 saturated carbocycles. The van der Waals surface area contributed by atoms with Crippen LogP contribution in [0.3, 0.4) is 0 Å². The molecule has 1 atom stereocenters. The summed E-state index contributed by atoms with van der Waals surface area (Å²) in [5, 5.41) is 4.36. The molecule has 3 nitrogen and oxygen atoms in total. The minimum atomic E-state index is 0.146. The molecule has 0 aliphatic heterocycles. The lowest BCUT2D eigenvalue weighted by atomic mass is 9.99. The zero-order valence-corrected chi connectivity index (χ0v) is 16.2. The van der Waals surface area contributed by atoms with Crippen molar-refractivity contribution in [3.8, 4) is 5.75 Å². The number of rotatable bonds is 8. The van der Waals surface area contributed by atoms with Gasteiger partial charge in [0.2, 0.25) is 0 Å². The van der Waals surface area contributed by atoms with Crippen molar-refractivity contribution in [2.24, 2.45) is 0 Å². The number of thiocarbonyl (C=S) groups is 1. The molecule has 2 aromatic rings. The van der Waals surface area contributed by atoms with Crippen LogP contribution in [-0.2, 0) is 6.42 Å². The summed E-state index contributed by atoms with van der Waals surface area (Å²) in [6, 6.07) is 19.0. The van der Waals surface area contributed by atoms with Crippen LogP contribution in [0.15, 0.2) is 54.6 Å². The van der Waals surface area contributed by atoms with Crippen molar-refractivity contribution < 1.29 is 4.74 Å². The lowest BCUT2D eigenvalue weighted by Gasteiger charge is -2.28. The molecule has 1 unspecified atom stereocenters. The van der Waals surface area contributed by atoms with Gasteiger partial charge in [0.15, 0.2) is 5.11 Å². The van der Waals surface area contributed by atoms with Gasteiger partial charge in [0.25, 0.3) is 0 Å². The summed E-state index contributed by atoms with van der Waals surface area (Å²) in [6.07, 6.45) is 0.873. The normalized spacial score (nSPS) is 11.6. The van der Waals surface area contributed by atoms with Gasteiger partial charge in [-0.2, -0.15) is 0 Å². The van der Waals surface area contributed by atoms with Crippen LogP contribution < -0.4 is 10.1 Å². The van der Waals surface area contributed by atoms with Crippen molar-refractivity contribution in [2.45, 2.75) is 33.2 Å². The molecule has 0 saturated heterocycles. The van der Waals surface area contributed by atoms with Crippen LogP contribution in [-0.4, -0.2) is 29.7 Å². The predicted molar refractivity (Wildman–Crippen MR) is 109 cm³/mol. The molecule has 0 amide bonds. The van der Waals surface area contributed by atoms with E-state index in [1.54, 1.807) is 0 Å². The lowest BCUT2D eigenvalue weighted by molar-refractivity contribution is 0.340. The van der Waals surface area contributed by atoms with Crippen molar-refractivity contribution in [1.29, 1.82) is 0 Å². The van der Waals surface area contributed by atoms with Gasteiger partial charge in [-0.25, -0.2) is 0 Å². The molecule has 0 radical (unpaired) electrons. The molecule has 4 heteroatoms. The molecule has 0 fully saturated rings. The maximum Gasteiger partial charge on any atom is 0.169 e. The highest BCUT2D eigenvalue weighted by Crippen LogP contribution is 2.21. The van der Waals surface area contributed by atoms with Gasteiger partial charge < -0.3 is 15.0 Å². The predicted octanol–water partition coefficient (Wildman–Crippen LogP) is 4.59. The maximum absolute atomic E-state index is 5.62. The highest BCUT2D eigenvalue weighted by atomic mass is 32.1. The van der Waals surface area contributed by atoms with Gasteiger partial charge >= 0.3 is 0 Å². The van der Waals surface area contributed by atoms with E-state index < -0.39 is 0 Å². The van der Waals surface area contributed by atoms with Gasteiger partial charge in [-0.05, 0) is 62.7 Å². The zero-order valence-electron chi connectivity index (χ0n) is 15.4. The summed E-state index contributed by atoms with van der Waals surface area (Å²) < 4.78 is 5.53. The van der Waals surface area contributed by atoms with Gasteiger partial charge in [-0.3, -0.25) is 0 Å². The van der Waals surface area contributed by atoms with Crippen LogP contribution in [0.4, 0.5) is 0 Å². The van der Waals surface area contributed by atoms with Crippen LogP contribution in [0.25, 0.3) is 0 Å². The Kier molecular flexibility index (Phi) is 7.74. The minimum absolute atomic E-state index is 0.146. The van der Waals surface area contributed by atoms with E-state index >= 15 is 0 Å². The van der Waals surface area contributed by atoms with Gasteiger partial charge in [-0.15, -0.1) is 0 Å². The maximum atomic E-state index is 5.62. The molecule has 2 rings (SSSR count). The molecule has 25 heavy (non-hydrogen) atoms. The van der Waals surface area contributed by atoms with Crippen molar-refractivity contribution in [3.05, 3.63) is 65.7 Å². The van der Waals surface area contributed by atoms with Crippen LogP contribution in [0.5, 0.6) is 5.75 Å². The summed E-state index contributed by atoms with van der Waals surface area (Å²) in [7, 11) is 0. The average Bonchev–Trinajstić information content (AvgIpc) is 2.65. The van der Waals surface area contributed by atoms with E-state index in [-0.39, 0.29) is 6.04 Å². The Labute approximate surface area is 157 Å². The second-order valence-electron chi connectivity index (χ2n) is 5.87. The van der Waals surface area contributed by atoms with E-state index in [2.05, 4.69) is 60.5 Å². The standard InChI is InChI=1S/C21H28N2OS/c1-4-23(5-2)21(25)22-20(18-10-8-7-9-11-18)16-17-12-14-19(15-13-17)24-6-3/h7-15,20H,4-6,16H2,1-3H3,(H,22,25). The molecular formula is C21H28N2OS. The van der Waals surface area contributed by atoms with Crippen LogP contribution in [0, 0.1) is 0 Å². The summed E-state index contributed by atoms with van der Waals surface area (Å²) in [6.45, 7) is 8.76. The molecule has 0 bridgehead atoms. The number of nitrogens with one attached hydrogen (secondary N) is 1. The Morgan fingerprint density at radius 1 is 1.00 bits per heavy atom. The fourth-order valence-corrected chi connectivity index (χ4v) is 3.21. The monoisotopic (exact) mass is 356 g/mol. The van der Waals surface area contributed by atoms with Crippen molar-refractivity contribution in [1.82, 2.24) is 10.2 Å². The Bertz CT molecular complexity index is 639. The number of nitrogens with zero attached hydrogens (tertiary/aromatic N) is 1. The molecular weight excluding hydrogens is 328 g/mol. The van der Waals surface area contributed by atoms with Gasteiger partial charge in [0.1, 0.15) is 5.75 Å². The zero-order chi connectivity index (χ0) is 18.1. The molecule has 0 aliphatic carbocycles. The van der Waals surface area contributed by atoms with Crippen LogP contribution in [0.1, 0.15) is 37.9 Å². The highest BCUT2D eigenvalue weighted by molar-refractivity contribution is 7.80. The van der Waals surface area contributed by atoms with E-state index in [4.69, 9.17) is 17.0 Å².